The molecule has 0 bridgehead atoms. The minimum Gasteiger partial charge on any atom is -0.482 e. The number of hydrogen-bond acceptors (Lipinski definition) is 8. The highest BCUT2D eigenvalue weighted by Crippen LogP contribution is 2.42. The second-order valence-electron chi connectivity index (χ2n) is 9.33. The maximum atomic E-state index is 13.1. The number of nitrogens with zero attached hydrogens (tertiary/aromatic N) is 1. The van der Waals surface area contributed by atoms with E-state index >= 15 is 0 Å². The molecule has 37 heavy (non-hydrogen) atoms. The zero-order valence-electron chi connectivity index (χ0n) is 20.2. The Balaban J connectivity index is 1.33. The summed E-state index contributed by atoms with van der Waals surface area (Å²) in [5, 5.41) is 18.1. The number of aromatic nitrogens is 2. The predicted octanol–water partition coefficient (Wildman–Crippen LogP) is 1.55. The summed E-state index contributed by atoms with van der Waals surface area (Å²) in [5.41, 5.74) is 1.72. The maximum absolute atomic E-state index is 13.1. The van der Waals surface area contributed by atoms with Gasteiger partial charge in [0.05, 0.1) is 17.2 Å². The first-order valence-corrected chi connectivity index (χ1v) is 12.9. The minimum atomic E-state index is -0.633. The Hall–Kier alpha value is -3.77. The maximum Gasteiger partial charge on any atom is 0.287 e. The molecule has 2 atom stereocenters. The second kappa shape index (κ2) is 10.3. The third kappa shape index (κ3) is 5.35. The molecule has 0 saturated carbocycles. The number of carbonyl (C=O) groups excluding carboxylic acids is 3. The third-order valence-corrected chi connectivity index (χ3v) is 7.57. The van der Waals surface area contributed by atoms with E-state index < -0.39 is 17.6 Å². The first-order valence-electron chi connectivity index (χ1n) is 12.1. The minimum absolute atomic E-state index is 0.0341. The zero-order chi connectivity index (χ0) is 26.1. The van der Waals surface area contributed by atoms with Crippen LogP contribution < -0.4 is 26.2 Å². The van der Waals surface area contributed by atoms with Gasteiger partial charge in [0.1, 0.15) is 10.6 Å². The molecule has 0 saturated heterocycles. The Morgan fingerprint density at radius 3 is 2.95 bits per heavy atom. The molecule has 0 spiro atoms. The number of aliphatic hydroxyl groups is 1. The summed E-state index contributed by atoms with van der Waals surface area (Å²) in [6, 6.07) is 5.22. The monoisotopic (exact) mass is 525 g/mol. The number of benzene rings is 1. The van der Waals surface area contributed by atoms with E-state index in [4.69, 9.17) is 4.74 Å². The number of hydrogen-bond donors (Lipinski definition) is 5. The van der Waals surface area contributed by atoms with Crippen LogP contribution in [0.25, 0.3) is 10.2 Å². The van der Waals surface area contributed by atoms with Crippen molar-refractivity contribution in [3.05, 3.63) is 50.4 Å². The topological polar surface area (TPSA) is 163 Å². The number of aromatic amines is 1. The molecular formula is C25H27N5O6S. The quantitative estimate of drug-likeness (QED) is 0.312. The van der Waals surface area contributed by atoms with Crippen LogP contribution in [0.4, 0.5) is 5.69 Å². The van der Waals surface area contributed by atoms with E-state index in [2.05, 4.69) is 25.9 Å². The highest BCUT2D eigenvalue weighted by molar-refractivity contribution is 7.18. The zero-order valence-corrected chi connectivity index (χ0v) is 21.0. The van der Waals surface area contributed by atoms with Gasteiger partial charge in [0.2, 0.25) is 11.7 Å². The number of carbonyl (C=O) groups is 3. The van der Waals surface area contributed by atoms with Gasteiger partial charge in [-0.3, -0.25) is 19.2 Å². The molecule has 3 amide bonds. The molecule has 1 aliphatic heterocycles. The molecular weight excluding hydrogens is 498 g/mol. The summed E-state index contributed by atoms with van der Waals surface area (Å²) in [5.74, 6) is -0.597. The van der Waals surface area contributed by atoms with Crippen molar-refractivity contribution < 1.29 is 24.2 Å². The SMILES string of the molecule is C[C@H](O)CNC(=O)CC1CCCc2sc3nc(C(=O)NCc4ccc5c(c4)NC(=O)CO5)[nH]c(=O)c3c21. The lowest BCUT2D eigenvalue weighted by molar-refractivity contribution is -0.122. The fourth-order valence-corrected chi connectivity index (χ4v) is 6.02. The molecule has 3 heterocycles. The molecule has 0 fully saturated rings. The first-order chi connectivity index (χ1) is 17.8. The van der Waals surface area contributed by atoms with E-state index in [1.54, 1.807) is 25.1 Å². The van der Waals surface area contributed by atoms with Gasteiger partial charge in [-0.05, 0) is 55.4 Å². The molecule has 1 aromatic carbocycles. The lowest BCUT2D eigenvalue weighted by Crippen LogP contribution is -2.32. The number of rotatable bonds is 7. The first kappa shape index (κ1) is 24.9. The fourth-order valence-electron chi connectivity index (χ4n) is 4.72. The van der Waals surface area contributed by atoms with Gasteiger partial charge in [0.25, 0.3) is 17.4 Å². The standard InChI is InChI=1S/C25H27N5O6S/c1-12(31)9-26-18(32)8-14-3-2-4-17-20(14)21-23(34)29-22(30-25(21)37-17)24(35)27-10-13-5-6-16-15(7-13)28-19(33)11-36-16/h5-7,12,14,31H,2-4,8-11H2,1H3,(H,26,32)(H,27,35)(H,28,33)(H,29,30,34)/t12-,14?/m0/s1. The van der Waals surface area contributed by atoms with E-state index in [0.717, 1.165) is 35.3 Å². The number of amides is 3. The fraction of sp³-hybridized carbons (Fsp3) is 0.400. The Morgan fingerprint density at radius 2 is 2.14 bits per heavy atom. The smallest absolute Gasteiger partial charge is 0.287 e. The van der Waals surface area contributed by atoms with Crippen LogP contribution >= 0.6 is 11.3 Å². The summed E-state index contributed by atoms with van der Waals surface area (Å²) in [6.45, 7) is 1.91. The van der Waals surface area contributed by atoms with Gasteiger partial charge in [-0.1, -0.05) is 6.07 Å². The number of anilines is 1. The van der Waals surface area contributed by atoms with Crippen LogP contribution in [-0.4, -0.2) is 52.1 Å². The van der Waals surface area contributed by atoms with Gasteiger partial charge in [-0.2, -0.15) is 0 Å². The number of aryl methyl sites for hydroxylation is 1. The molecule has 5 rings (SSSR count). The lowest BCUT2D eigenvalue weighted by Gasteiger charge is -2.22. The van der Waals surface area contributed by atoms with Crippen molar-refractivity contribution in [2.75, 3.05) is 18.5 Å². The average Bonchev–Trinajstić information content (AvgIpc) is 3.26. The number of ether oxygens (including phenoxy) is 1. The molecule has 0 radical (unpaired) electrons. The Labute approximate surface area is 215 Å². The van der Waals surface area contributed by atoms with Gasteiger partial charge >= 0.3 is 0 Å². The van der Waals surface area contributed by atoms with Crippen molar-refractivity contribution >= 4 is 45.0 Å². The molecule has 2 aliphatic rings. The van der Waals surface area contributed by atoms with Crippen molar-refractivity contribution in [3.63, 3.8) is 0 Å². The normalized spacial score (nSPS) is 17.2. The molecule has 1 aliphatic carbocycles. The Bertz CT molecular complexity index is 1450. The Morgan fingerprint density at radius 1 is 1.30 bits per heavy atom. The lowest BCUT2D eigenvalue weighted by atomic mass is 9.84. The molecule has 12 heteroatoms. The van der Waals surface area contributed by atoms with Crippen LogP contribution in [0.3, 0.4) is 0 Å². The average molecular weight is 526 g/mol. The van der Waals surface area contributed by atoms with Crippen molar-refractivity contribution in [1.82, 2.24) is 20.6 Å². The number of fused-ring (bicyclic) bond motifs is 4. The summed E-state index contributed by atoms with van der Waals surface area (Å²) >= 11 is 1.39. The Kier molecular flexibility index (Phi) is 6.94. The molecule has 5 N–H and O–H groups in total. The van der Waals surface area contributed by atoms with Gasteiger partial charge < -0.3 is 30.8 Å². The van der Waals surface area contributed by atoms with Crippen LogP contribution in [0.15, 0.2) is 23.0 Å². The highest BCUT2D eigenvalue weighted by atomic mass is 32.1. The number of aliphatic hydroxyl groups excluding tert-OH is 1. The molecule has 194 valence electrons. The summed E-state index contributed by atoms with van der Waals surface area (Å²) in [4.78, 5) is 58.4. The molecule has 3 aromatic rings. The number of thiophene rings is 1. The molecule has 2 aromatic heterocycles. The summed E-state index contributed by atoms with van der Waals surface area (Å²) < 4.78 is 5.34. The van der Waals surface area contributed by atoms with Crippen LogP contribution in [0.5, 0.6) is 5.75 Å². The third-order valence-electron chi connectivity index (χ3n) is 6.41. The van der Waals surface area contributed by atoms with Gasteiger partial charge in [-0.25, -0.2) is 4.98 Å². The van der Waals surface area contributed by atoms with Crippen LogP contribution in [0.1, 0.15) is 58.7 Å². The van der Waals surface area contributed by atoms with Crippen molar-refractivity contribution in [2.45, 2.75) is 51.2 Å². The summed E-state index contributed by atoms with van der Waals surface area (Å²) in [7, 11) is 0. The van der Waals surface area contributed by atoms with E-state index in [9.17, 15) is 24.3 Å². The molecule has 11 nitrogen and oxygen atoms in total. The molecule has 1 unspecified atom stereocenters. The second-order valence-corrected chi connectivity index (χ2v) is 10.4. The van der Waals surface area contributed by atoms with E-state index in [1.807, 2.05) is 0 Å². The van der Waals surface area contributed by atoms with Crippen molar-refractivity contribution in [2.24, 2.45) is 0 Å². The van der Waals surface area contributed by atoms with Gasteiger partial charge in [-0.15, -0.1) is 11.3 Å². The van der Waals surface area contributed by atoms with Crippen LogP contribution in [0.2, 0.25) is 0 Å². The van der Waals surface area contributed by atoms with Crippen molar-refractivity contribution in [3.8, 4) is 5.75 Å². The van der Waals surface area contributed by atoms with Crippen molar-refractivity contribution in [1.29, 1.82) is 0 Å². The number of H-pyrrole nitrogens is 1. The summed E-state index contributed by atoms with van der Waals surface area (Å²) in [6.07, 6.45) is 2.05. The van der Waals surface area contributed by atoms with Crippen LogP contribution in [-0.2, 0) is 22.6 Å². The van der Waals surface area contributed by atoms with Gasteiger partial charge in [0.15, 0.2) is 6.61 Å². The number of nitrogens with one attached hydrogen (secondary N) is 4. The predicted molar refractivity (Wildman–Crippen MR) is 137 cm³/mol. The van der Waals surface area contributed by atoms with Crippen LogP contribution in [0, 0.1) is 0 Å². The highest BCUT2D eigenvalue weighted by Gasteiger charge is 2.29. The van der Waals surface area contributed by atoms with E-state index in [1.165, 1.54) is 11.3 Å². The van der Waals surface area contributed by atoms with E-state index in [-0.39, 0.29) is 49.7 Å². The van der Waals surface area contributed by atoms with Gasteiger partial charge in [0, 0.05) is 24.4 Å². The van der Waals surface area contributed by atoms with E-state index in [0.29, 0.717) is 21.7 Å². The largest absolute Gasteiger partial charge is 0.482 e.